The van der Waals surface area contributed by atoms with E-state index in [4.69, 9.17) is 4.52 Å². The van der Waals surface area contributed by atoms with Crippen LogP contribution in [-0.2, 0) is 11.2 Å². The average molecular weight is 340 g/mol. The first-order valence-corrected chi connectivity index (χ1v) is 7.94. The van der Waals surface area contributed by atoms with Crippen molar-refractivity contribution in [3.05, 3.63) is 46.2 Å². The summed E-state index contributed by atoms with van der Waals surface area (Å²) in [6.07, 6.45) is 0.189. The predicted octanol–water partition coefficient (Wildman–Crippen LogP) is 2.37. The van der Waals surface area contributed by atoms with E-state index in [0.29, 0.717) is 17.5 Å². The topological polar surface area (TPSA) is 98.7 Å². The van der Waals surface area contributed by atoms with Crippen LogP contribution in [0.15, 0.2) is 16.7 Å². The summed E-state index contributed by atoms with van der Waals surface area (Å²) >= 11 is 0. The highest BCUT2D eigenvalue weighted by Gasteiger charge is 2.18. The fraction of sp³-hybridized carbons (Fsp3) is 0.353. The molecule has 0 unspecified atom stereocenters. The van der Waals surface area contributed by atoms with Crippen LogP contribution in [0.1, 0.15) is 34.1 Å². The first-order valence-electron chi connectivity index (χ1n) is 7.94. The number of hydrogen-bond acceptors (Lipinski definition) is 6. The van der Waals surface area contributed by atoms with Crippen molar-refractivity contribution in [2.45, 2.75) is 41.0 Å². The van der Waals surface area contributed by atoms with Gasteiger partial charge in [-0.1, -0.05) is 5.16 Å². The van der Waals surface area contributed by atoms with Crippen molar-refractivity contribution in [1.29, 1.82) is 0 Å². The number of carbonyl (C=O) groups is 1. The summed E-state index contributed by atoms with van der Waals surface area (Å²) in [7, 11) is 0. The molecule has 0 atom stereocenters. The number of amides is 1. The van der Waals surface area contributed by atoms with Gasteiger partial charge in [-0.05, 0) is 40.7 Å². The normalized spacial score (nSPS) is 10.9. The van der Waals surface area contributed by atoms with Crippen molar-refractivity contribution >= 4 is 11.7 Å². The number of anilines is 1. The smallest absolute Gasteiger partial charge is 0.251 e. The van der Waals surface area contributed by atoms with Crippen LogP contribution < -0.4 is 5.32 Å². The Bertz CT molecular complexity index is 921. The zero-order valence-electron chi connectivity index (χ0n) is 14.9. The number of aryl methyl sites for hydroxylation is 4. The van der Waals surface area contributed by atoms with Gasteiger partial charge in [0, 0.05) is 28.7 Å². The number of rotatable bonds is 4. The molecule has 3 heterocycles. The van der Waals surface area contributed by atoms with Gasteiger partial charge in [-0.2, -0.15) is 5.10 Å². The zero-order valence-corrected chi connectivity index (χ0v) is 14.9. The highest BCUT2D eigenvalue weighted by Crippen LogP contribution is 2.18. The van der Waals surface area contributed by atoms with Gasteiger partial charge in [0.1, 0.15) is 5.76 Å². The van der Waals surface area contributed by atoms with Crippen LogP contribution in [-0.4, -0.2) is 30.8 Å². The van der Waals surface area contributed by atoms with Crippen LogP contribution in [0, 0.1) is 34.6 Å². The standard InChI is InChI=1S/C17H20N6O2/c1-9-6-10(2)19-17(18-9)23-13(5)14(12(4)21-23)8-16(24)20-15-7-11(3)25-22-15/h6-7H,8H2,1-5H3,(H,20,22,24). The molecule has 1 amide bonds. The Hall–Kier alpha value is -3.03. The molecule has 8 heteroatoms. The molecule has 0 aliphatic heterocycles. The lowest BCUT2D eigenvalue weighted by molar-refractivity contribution is -0.115. The molecule has 0 radical (unpaired) electrons. The average Bonchev–Trinajstić information content (AvgIpc) is 3.04. The second-order valence-corrected chi connectivity index (χ2v) is 6.06. The third-order valence-electron chi connectivity index (χ3n) is 3.83. The van der Waals surface area contributed by atoms with Crippen LogP contribution in [0.25, 0.3) is 5.95 Å². The number of carbonyl (C=O) groups excluding carboxylic acids is 1. The molecule has 0 aliphatic carbocycles. The number of nitrogens with zero attached hydrogens (tertiary/aromatic N) is 5. The molecular formula is C17H20N6O2. The van der Waals surface area contributed by atoms with Gasteiger partial charge in [0.2, 0.25) is 5.91 Å². The van der Waals surface area contributed by atoms with Crippen molar-refractivity contribution in [3.63, 3.8) is 0 Å². The van der Waals surface area contributed by atoms with E-state index in [2.05, 4.69) is 25.5 Å². The summed E-state index contributed by atoms with van der Waals surface area (Å²) in [6.45, 7) is 9.37. The molecule has 0 aliphatic rings. The van der Waals surface area contributed by atoms with Gasteiger partial charge in [0.25, 0.3) is 5.95 Å². The second-order valence-electron chi connectivity index (χ2n) is 6.06. The highest BCUT2D eigenvalue weighted by atomic mass is 16.5. The summed E-state index contributed by atoms with van der Waals surface area (Å²) in [5, 5.41) is 11.0. The van der Waals surface area contributed by atoms with E-state index in [1.807, 2.05) is 33.8 Å². The van der Waals surface area contributed by atoms with E-state index in [1.54, 1.807) is 17.7 Å². The molecule has 3 aromatic rings. The Morgan fingerprint density at radius 3 is 2.40 bits per heavy atom. The first-order chi connectivity index (χ1) is 11.8. The minimum Gasteiger partial charge on any atom is -0.360 e. The van der Waals surface area contributed by atoms with Crippen LogP contribution >= 0.6 is 0 Å². The van der Waals surface area contributed by atoms with E-state index in [1.165, 1.54) is 0 Å². The maximum Gasteiger partial charge on any atom is 0.251 e. The van der Waals surface area contributed by atoms with E-state index in [-0.39, 0.29) is 12.3 Å². The minimum atomic E-state index is -0.180. The van der Waals surface area contributed by atoms with E-state index in [9.17, 15) is 4.79 Å². The number of nitrogens with one attached hydrogen (secondary N) is 1. The van der Waals surface area contributed by atoms with Crippen molar-refractivity contribution < 1.29 is 9.32 Å². The SMILES string of the molecule is Cc1cc(C)nc(-n2nc(C)c(CC(=O)Nc3cc(C)on3)c2C)n1. The zero-order chi connectivity index (χ0) is 18.1. The van der Waals surface area contributed by atoms with Crippen LogP contribution in [0.5, 0.6) is 0 Å². The van der Waals surface area contributed by atoms with E-state index >= 15 is 0 Å². The summed E-state index contributed by atoms with van der Waals surface area (Å²) in [4.78, 5) is 21.2. The molecule has 3 aromatic heterocycles. The molecule has 130 valence electrons. The predicted molar refractivity (Wildman–Crippen MR) is 91.7 cm³/mol. The summed E-state index contributed by atoms with van der Waals surface area (Å²) in [5.74, 6) is 1.38. The molecule has 0 bridgehead atoms. The minimum absolute atomic E-state index is 0.180. The monoisotopic (exact) mass is 340 g/mol. The Kier molecular flexibility index (Phi) is 4.35. The summed E-state index contributed by atoms with van der Waals surface area (Å²) in [5.41, 5.74) is 4.20. The van der Waals surface area contributed by atoms with Crippen molar-refractivity contribution in [1.82, 2.24) is 24.9 Å². The molecule has 0 aromatic carbocycles. The molecule has 8 nitrogen and oxygen atoms in total. The molecular weight excluding hydrogens is 320 g/mol. The lowest BCUT2D eigenvalue weighted by Gasteiger charge is -2.06. The van der Waals surface area contributed by atoms with Gasteiger partial charge in [-0.25, -0.2) is 14.6 Å². The fourth-order valence-corrected chi connectivity index (χ4v) is 2.70. The Labute approximate surface area is 145 Å². The summed E-state index contributed by atoms with van der Waals surface area (Å²) in [6, 6.07) is 3.58. The van der Waals surface area contributed by atoms with E-state index in [0.717, 1.165) is 28.3 Å². The Morgan fingerprint density at radius 2 is 1.80 bits per heavy atom. The Morgan fingerprint density at radius 1 is 1.12 bits per heavy atom. The fourth-order valence-electron chi connectivity index (χ4n) is 2.70. The molecule has 3 rings (SSSR count). The van der Waals surface area contributed by atoms with E-state index < -0.39 is 0 Å². The van der Waals surface area contributed by atoms with Crippen molar-refractivity contribution in [2.24, 2.45) is 0 Å². The largest absolute Gasteiger partial charge is 0.360 e. The van der Waals surface area contributed by atoms with Gasteiger partial charge in [0.15, 0.2) is 5.82 Å². The molecule has 0 saturated carbocycles. The summed E-state index contributed by atoms with van der Waals surface area (Å²) < 4.78 is 6.63. The van der Waals surface area contributed by atoms with Gasteiger partial charge in [-0.3, -0.25) is 4.79 Å². The molecule has 0 spiro atoms. The first kappa shape index (κ1) is 16.8. The van der Waals surface area contributed by atoms with Crippen LogP contribution in [0.3, 0.4) is 0 Å². The second kappa shape index (κ2) is 6.46. The van der Waals surface area contributed by atoms with Gasteiger partial charge in [0.05, 0.1) is 12.1 Å². The van der Waals surface area contributed by atoms with Crippen molar-refractivity contribution in [3.8, 4) is 5.95 Å². The third-order valence-corrected chi connectivity index (χ3v) is 3.83. The highest BCUT2D eigenvalue weighted by molar-refractivity contribution is 5.91. The lowest BCUT2D eigenvalue weighted by atomic mass is 10.1. The van der Waals surface area contributed by atoms with Gasteiger partial charge >= 0.3 is 0 Å². The lowest BCUT2D eigenvalue weighted by Crippen LogP contribution is -2.15. The molecule has 1 N–H and O–H groups in total. The third kappa shape index (κ3) is 3.57. The van der Waals surface area contributed by atoms with Gasteiger partial charge < -0.3 is 9.84 Å². The van der Waals surface area contributed by atoms with Crippen molar-refractivity contribution in [2.75, 3.05) is 5.32 Å². The quantitative estimate of drug-likeness (QED) is 0.783. The molecule has 0 fully saturated rings. The maximum absolute atomic E-state index is 12.3. The number of aromatic nitrogens is 5. The van der Waals surface area contributed by atoms with Crippen LogP contribution in [0.4, 0.5) is 5.82 Å². The molecule has 0 saturated heterocycles. The Balaban J connectivity index is 1.85. The number of hydrogen-bond donors (Lipinski definition) is 1. The van der Waals surface area contributed by atoms with Crippen LogP contribution in [0.2, 0.25) is 0 Å². The van der Waals surface area contributed by atoms with Gasteiger partial charge in [-0.15, -0.1) is 0 Å². The molecule has 25 heavy (non-hydrogen) atoms. The maximum atomic E-state index is 12.3.